The summed E-state index contributed by atoms with van der Waals surface area (Å²) in [6.07, 6.45) is 123. The second-order valence-corrected chi connectivity index (χ2v) is 30.1. The summed E-state index contributed by atoms with van der Waals surface area (Å²) >= 11 is 0. The molecule has 1 N–H and O–H groups in total. The number of aliphatic carboxylic acids is 1. The standard InChI is InChI=1S/C96H163NO8/c1-6-8-10-12-14-16-18-20-22-24-26-28-30-32-34-36-38-40-42-44-46-47-49-50-52-54-56-58-60-62-64-66-68-70-72-74-76-78-80-82-84-86-93(98)103-90-92(91-104-96(95(100)101)102-89-88-97(3,4)5)105-94(99)87-85-83-81-79-77-75-73-71-69-67-65-63-61-59-57-55-53-51-48-45-43-41-39-37-35-33-31-29-27-25-23-21-19-17-15-13-11-9-7-2/h8-11,14-17,20-23,26-29,32-35,39,41,45,48,53,55,92,96H,6-7,12-13,18-19,24-25,30-31,36-38,40,42-44,46-47,49-52,54,56-91H2,1-5H3/p+1/b10-8-,11-9-,16-14-,17-15-,22-20-,23-21-,28-26-,29-27-,34-32-,35-33-,41-39-,48-45-,55-53-. The van der Waals surface area contributed by atoms with Crippen molar-refractivity contribution in [2.24, 2.45) is 0 Å². The van der Waals surface area contributed by atoms with Crippen molar-refractivity contribution in [3.8, 4) is 0 Å². The van der Waals surface area contributed by atoms with E-state index in [9.17, 15) is 19.5 Å². The van der Waals surface area contributed by atoms with Gasteiger partial charge in [-0.1, -0.05) is 397 Å². The lowest BCUT2D eigenvalue weighted by Gasteiger charge is -2.25. The van der Waals surface area contributed by atoms with Crippen LogP contribution in [0, 0.1) is 0 Å². The van der Waals surface area contributed by atoms with Crippen molar-refractivity contribution >= 4 is 17.9 Å². The Morgan fingerprint density at radius 1 is 0.286 bits per heavy atom. The van der Waals surface area contributed by atoms with Crippen LogP contribution in [0.2, 0.25) is 0 Å². The van der Waals surface area contributed by atoms with Crippen LogP contribution in [0.4, 0.5) is 0 Å². The summed E-state index contributed by atoms with van der Waals surface area (Å²) in [4.78, 5) is 37.8. The summed E-state index contributed by atoms with van der Waals surface area (Å²) in [5.74, 6) is -1.99. The van der Waals surface area contributed by atoms with Gasteiger partial charge < -0.3 is 28.5 Å². The normalized spacial score (nSPS) is 13.4. The highest BCUT2D eigenvalue weighted by atomic mass is 16.7. The fourth-order valence-electron chi connectivity index (χ4n) is 12.2. The molecule has 0 heterocycles. The van der Waals surface area contributed by atoms with E-state index in [4.69, 9.17) is 18.9 Å². The summed E-state index contributed by atoms with van der Waals surface area (Å²) < 4.78 is 23.1. The largest absolute Gasteiger partial charge is 0.477 e. The Kier molecular flexibility index (Phi) is 80.4. The number of carbonyl (C=O) groups excluding carboxylic acids is 2. The number of unbranched alkanes of at least 4 members (excludes halogenated alkanes) is 39. The minimum atomic E-state index is -1.52. The number of esters is 2. The van der Waals surface area contributed by atoms with E-state index in [-0.39, 0.29) is 32.2 Å². The van der Waals surface area contributed by atoms with Crippen LogP contribution >= 0.6 is 0 Å². The summed E-state index contributed by atoms with van der Waals surface area (Å²) in [5.41, 5.74) is 0. The number of rotatable bonds is 80. The molecule has 9 nitrogen and oxygen atoms in total. The lowest BCUT2D eigenvalue weighted by Crippen LogP contribution is -2.40. The van der Waals surface area contributed by atoms with Gasteiger partial charge in [-0.25, -0.2) is 4.79 Å². The molecule has 2 unspecified atom stereocenters. The van der Waals surface area contributed by atoms with Gasteiger partial charge in [-0.05, 0) is 122 Å². The number of hydrogen-bond acceptors (Lipinski definition) is 7. The summed E-state index contributed by atoms with van der Waals surface area (Å²) in [5, 5.41) is 9.79. The Labute approximate surface area is 648 Å². The summed E-state index contributed by atoms with van der Waals surface area (Å²) in [6.45, 7) is 4.68. The van der Waals surface area contributed by atoms with Crippen molar-refractivity contribution in [3.05, 3.63) is 158 Å². The number of allylic oxidation sites excluding steroid dienone is 26. The number of likely N-dealkylation sites (N-methyl/N-ethyl adjacent to an activating group) is 1. The summed E-state index contributed by atoms with van der Waals surface area (Å²) in [7, 11) is 5.99. The van der Waals surface area contributed by atoms with E-state index in [1.807, 2.05) is 21.1 Å². The zero-order chi connectivity index (χ0) is 76.0. The van der Waals surface area contributed by atoms with Gasteiger partial charge in [-0.15, -0.1) is 0 Å². The van der Waals surface area contributed by atoms with Gasteiger partial charge in [0.25, 0.3) is 6.29 Å². The third kappa shape index (κ3) is 86.0. The van der Waals surface area contributed by atoms with Gasteiger partial charge in [0.15, 0.2) is 6.10 Å². The molecule has 0 saturated heterocycles. The molecule has 0 radical (unpaired) electrons. The zero-order valence-corrected chi connectivity index (χ0v) is 68.8. The van der Waals surface area contributed by atoms with Gasteiger partial charge >= 0.3 is 17.9 Å². The number of nitrogens with zero attached hydrogens (tertiary/aromatic N) is 1. The molecule has 0 aliphatic carbocycles. The van der Waals surface area contributed by atoms with Gasteiger partial charge in [0, 0.05) is 12.8 Å². The van der Waals surface area contributed by atoms with Crippen LogP contribution in [-0.2, 0) is 33.3 Å². The molecule has 9 heteroatoms. The van der Waals surface area contributed by atoms with Crippen molar-refractivity contribution < 1.29 is 42.9 Å². The van der Waals surface area contributed by atoms with Crippen LogP contribution in [0.3, 0.4) is 0 Å². The van der Waals surface area contributed by atoms with Crippen LogP contribution in [0.25, 0.3) is 0 Å². The Hall–Kier alpha value is -5.09. The zero-order valence-electron chi connectivity index (χ0n) is 68.8. The highest BCUT2D eigenvalue weighted by Gasteiger charge is 2.25. The quantitative estimate of drug-likeness (QED) is 0.0211. The van der Waals surface area contributed by atoms with Gasteiger partial charge in [-0.3, -0.25) is 9.59 Å². The molecule has 0 fully saturated rings. The predicted octanol–water partition coefficient (Wildman–Crippen LogP) is 28.7. The third-order valence-electron chi connectivity index (χ3n) is 18.8. The van der Waals surface area contributed by atoms with E-state index in [0.717, 1.165) is 122 Å². The average molecular weight is 1460 g/mol. The van der Waals surface area contributed by atoms with Crippen LogP contribution in [0.15, 0.2) is 158 Å². The van der Waals surface area contributed by atoms with Gasteiger partial charge in [0.1, 0.15) is 13.2 Å². The lowest BCUT2D eigenvalue weighted by molar-refractivity contribution is -0.870. The molecule has 0 aromatic rings. The molecule has 0 amide bonds. The first-order valence-electron chi connectivity index (χ1n) is 43.6. The lowest BCUT2D eigenvalue weighted by atomic mass is 10.0. The fourth-order valence-corrected chi connectivity index (χ4v) is 12.2. The van der Waals surface area contributed by atoms with Crippen molar-refractivity contribution in [1.82, 2.24) is 0 Å². The second-order valence-electron chi connectivity index (χ2n) is 30.1. The Morgan fingerprint density at radius 2 is 0.514 bits per heavy atom. The number of quaternary nitrogens is 1. The van der Waals surface area contributed by atoms with E-state index < -0.39 is 24.3 Å². The summed E-state index contributed by atoms with van der Waals surface area (Å²) in [6, 6.07) is 0. The van der Waals surface area contributed by atoms with Crippen LogP contribution in [0.5, 0.6) is 0 Å². The SMILES string of the molecule is CC/C=C\C/C=C\C/C=C\C/C=C\C/C=C\C/C=C\C/C=C\C/C=C\CCCCCCCCCCCCCCCCC(=O)OC(COC(=O)CCCCCCCCCCCCCCCCCCCCCCCCCCC/C=C\C/C=C\C/C=C\C/C=C\C/C=C\CC)COC(OCC[N+](C)(C)C)C(=O)O. The molecule has 0 saturated carbocycles. The molecule has 0 aromatic heterocycles. The van der Waals surface area contributed by atoms with Crippen molar-refractivity contribution in [1.29, 1.82) is 0 Å². The molecule has 0 bridgehead atoms. The molecule has 0 aliphatic heterocycles. The Bertz CT molecular complexity index is 2300. The minimum Gasteiger partial charge on any atom is -0.477 e. The van der Waals surface area contributed by atoms with Crippen LogP contribution in [0.1, 0.15) is 373 Å². The maximum atomic E-state index is 13.0. The molecule has 0 rings (SSSR count). The Balaban J connectivity index is 3.98. The van der Waals surface area contributed by atoms with Crippen molar-refractivity contribution in [3.63, 3.8) is 0 Å². The molecule has 0 spiro atoms. The molecular formula is C96H164NO8+. The highest BCUT2D eigenvalue weighted by molar-refractivity contribution is 5.71. The molecule has 105 heavy (non-hydrogen) atoms. The minimum absolute atomic E-state index is 0.184. The van der Waals surface area contributed by atoms with E-state index in [1.165, 1.54) is 225 Å². The molecule has 0 aliphatic rings. The molecule has 0 aromatic carbocycles. The maximum Gasteiger partial charge on any atom is 0.361 e. The third-order valence-corrected chi connectivity index (χ3v) is 18.8. The van der Waals surface area contributed by atoms with E-state index in [2.05, 4.69) is 172 Å². The number of hydrogen-bond donors (Lipinski definition) is 1. The van der Waals surface area contributed by atoms with E-state index in [0.29, 0.717) is 17.4 Å². The van der Waals surface area contributed by atoms with Crippen LogP contribution in [-0.4, -0.2) is 87.4 Å². The van der Waals surface area contributed by atoms with Crippen molar-refractivity contribution in [2.45, 2.75) is 386 Å². The van der Waals surface area contributed by atoms with Crippen molar-refractivity contribution in [2.75, 3.05) is 47.5 Å². The molecule has 2 atom stereocenters. The number of carboxylic acid groups (broad SMARTS) is 1. The smallest absolute Gasteiger partial charge is 0.361 e. The predicted molar refractivity (Wildman–Crippen MR) is 456 cm³/mol. The first-order chi connectivity index (χ1) is 51.6. The monoisotopic (exact) mass is 1460 g/mol. The van der Waals surface area contributed by atoms with Gasteiger partial charge in [0.2, 0.25) is 0 Å². The number of ether oxygens (including phenoxy) is 4. The van der Waals surface area contributed by atoms with Crippen LogP contribution < -0.4 is 0 Å². The van der Waals surface area contributed by atoms with E-state index >= 15 is 0 Å². The fraction of sp³-hybridized carbons (Fsp3) is 0.698. The first kappa shape index (κ1) is 99.9. The topological polar surface area (TPSA) is 108 Å². The number of carboxylic acids is 1. The second kappa shape index (κ2) is 84.5. The van der Waals surface area contributed by atoms with E-state index in [1.54, 1.807) is 0 Å². The van der Waals surface area contributed by atoms with Gasteiger partial charge in [-0.2, -0.15) is 0 Å². The molecular weight excluding hydrogens is 1300 g/mol. The first-order valence-corrected chi connectivity index (χ1v) is 43.6. The molecule has 600 valence electrons. The van der Waals surface area contributed by atoms with Gasteiger partial charge in [0.05, 0.1) is 34.4 Å². The maximum absolute atomic E-state index is 13.0. The number of carbonyl (C=O) groups is 3. The average Bonchev–Trinajstić information content (AvgIpc) is 1.97. The highest BCUT2D eigenvalue weighted by Crippen LogP contribution is 2.19. The Morgan fingerprint density at radius 3 is 0.762 bits per heavy atom.